The number of ketones is 1. The molecule has 0 bridgehead atoms. The summed E-state index contributed by atoms with van der Waals surface area (Å²) in [6.07, 6.45) is 11.2. The Kier molecular flexibility index (Phi) is 12.8. The van der Waals surface area contributed by atoms with Crippen molar-refractivity contribution in [2.75, 3.05) is 0 Å². The van der Waals surface area contributed by atoms with E-state index < -0.39 is 6.17 Å². The second-order valence-electron chi connectivity index (χ2n) is 11.8. The van der Waals surface area contributed by atoms with Crippen LogP contribution >= 0.6 is 23.2 Å². The Morgan fingerprint density at radius 2 is 1.87 bits per heavy atom. The average Bonchev–Trinajstić information content (AvgIpc) is 2.98. The number of aryl methyl sites for hydroxylation is 1. The zero-order chi connectivity index (χ0) is 28.5. The van der Waals surface area contributed by atoms with Crippen LogP contribution in [-0.4, -0.2) is 30.9 Å². The molecule has 1 saturated carbocycles. The number of carbonyl (C=O) groups excluding carboxylic acids is 1. The third-order valence-electron chi connectivity index (χ3n) is 8.79. The van der Waals surface area contributed by atoms with Crippen LogP contribution < -0.4 is 0 Å². The molecule has 213 valence electrons. The highest BCUT2D eigenvalue weighted by molar-refractivity contribution is 6.38. The van der Waals surface area contributed by atoms with E-state index in [0.29, 0.717) is 54.8 Å². The van der Waals surface area contributed by atoms with Gasteiger partial charge in [0.05, 0.1) is 0 Å². The van der Waals surface area contributed by atoms with Gasteiger partial charge in [-0.25, -0.2) is 4.39 Å². The predicted octanol–water partition coefficient (Wildman–Crippen LogP) is 9.82. The lowest BCUT2D eigenvalue weighted by Crippen LogP contribution is -2.31. The third-order valence-corrected chi connectivity index (χ3v) is 9.46. The lowest BCUT2D eigenvalue weighted by molar-refractivity contribution is -0.120. The average molecular weight is 573 g/mol. The highest BCUT2D eigenvalue weighted by Gasteiger charge is 2.29. The van der Waals surface area contributed by atoms with Crippen molar-refractivity contribution in [3.05, 3.63) is 57.1 Å². The summed E-state index contributed by atoms with van der Waals surface area (Å²) in [7, 11) is 2.29. The zero-order valence-corrected chi connectivity index (χ0v) is 25.9. The number of nitrogens with zero attached hydrogens (tertiary/aromatic N) is 1. The van der Waals surface area contributed by atoms with Crippen LogP contribution in [0.1, 0.15) is 96.6 Å². The molecule has 0 amide bonds. The molecule has 2 aliphatic carbocycles. The van der Waals surface area contributed by atoms with Crippen LogP contribution in [0, 0.1) is 17.8 Å². The van der Waals surface area contributed by atoms with E-state index in [0.717, 1.165) is 83.7 Å². The van der Waals surface area contributed by atoms with Crippen LogP contribution in [0.4, 0.5) is 4.39 Å². The van der Waals surface area contributed by atoms with E-state index in [1.165, 1.54) is 0 Å². The Labute approximate surface area is 247 Å². The Morgan fingerprint density at radius 3 is 2.51 bits per heavy atom. The van der Waals surface area contributed by atoms with Crippen LogP contribution in [0.25, 0.3) is 0 Å². The second-order valence-corrected chi connectivity index (χ2v) is 12.6. The number of rotatable bonds is 10. The van der Waals surface area contributed by atoms with Crippen molar-refractivity contribution in [3.63, 3.8) is 0 Å². The maximum atomic E-state index is 14.4. The number of Topliss-reactive ketones (excluding diaryl/α,β-unsaturated/α-hetero) is 1. The monoisotopic (exact) mass is 572 g/mol. The van der Waals surface area contributed by atoms with Gasteiger partial charge in [-0.3, -0.25) is 9.79 Å². The summed E-state index contributed by atoms with van der Waals surface area (Å²) in [5.74, 6) is 1.59. The summed E-state index contributed by atoms with van der Waals surface area (Å²) in [5.41, 5.74) is 4.61. The van der Waals surface area contributed by atoms with Gasteiger partial charge in [0.1, 0.15) is 19.2 Å². The summed E-state index contributed by atoms with van der Waals surface area (Å²) in [4.78, 5) is 18.1. The molecule has 5 atom stereocenters. The molecule has 39 heavy (non-hydrogen) atoms. The topological polar surface area (TPSA) is 29.4 Å². The van der Waals surface area contributed by atoms with Gasteiger partial charge >= 0.3 is 0 Å². The zero-order valence-electron chi connectivity index (χ0n) is 24.4. The van der Waals surface area contributed by atoms with Gasteiger partial charge in [0.2, 0.25) is 0 Å². The molecule has 2 nitrogen and oxygen atoms in total. The minimum Gasteiger partial charge on any atom is -0.300 e. The smallest absolute Gasteiger partial charge is 0.143 e. The minimum atomic E-state index is -0.941. The minimum absolute atomic E-state index is 0.0795. The van der Waals surface area contributed by atoms with Gasteiger partial charge in [0.15, 0.2) is 0 Å². The van der Waals surface area contributed by atoms with Crippen molar-refractivity contribution in [3.8, 4) is 0 Å². The number of allylic oxidation sites excluding steroid dienone is 3. The largest absolute Gasteiger partial charge is 0.300 e. The van der Waals surface area contributed by atoms with Crippen molar-refractivity contribution < 1.29 is 9.18 Å². The Balaban J connectivity index is 1.66. The Morgan fingerprint density at radius 1 is 1.15 bits per heavy atom. The van der Waals surface area contributed by atoms with Crippen LogP contribution in [0.3, 0.4) is 0 Å². The standard InChI is InChI=1S/C33H46BCl2FNO/c1-6-23-18-30(35)28(31(36)19-23)15-11-24-9-8-10-25(12-14-27(39)17-24)22(5)33(34-7-2)38-26-13-16-32(37)29(20-26)21(3)4/h18-20,22,24-25,32-33H,3,6-17H2,1-2,4-5H3. The molecule has 0 aliphatic heterocycles. The fraction of sp³-hybridized carbons (Fsp3) is 0.636. The van der Waals surface area contributed by atoms with Crippen LogP contribution in [0.5, 0.6) is 0 Å². The molecule has 0 aromatic heterocycles. The molecule has 1 radical (unpaired) electrons. The lowest BCUT2D eigenvalue weighted by atomic mass is 9.59. The number of hydrogen-bond donors (Lipinski definition) is 0. The van der Waals surface area contributed by atoms with Gasteiger partial charge in [0, 0.05) is 34.5 Å². The van der Waals surface area contributed by atoms with Crippen molar-refractivity contribution in [2.24, 2.45) is 22.7 Å². The van der Waals surface area contributed by atoms with Crippen LogP contribution in [0.2, 0.25) is 16.4 Å². The first-order chi connectivity index (χ1) is 18.6. The summed E-state index contributed by atoms with van der Waals surface area (Å²) < 4.78 is 14.4. The van der Waals surface area contributed by atoms with E-state index in [-0.39, 0.29) is 5.94 Å². The van der Waals surface area contributed by atoms with E-state index in [1.807, 2.05) is 25.1 Å². The Bertz CT molecular complexity index is 1040. The first kappa shape index (κ1) is 32.1. The molecular weight excluding hydrogens is 527 g/mol. The molecule has 0 saturated heterocycles. The maximum Gasteiger partial charge on any atom is 0.143 e. The third kappa shape index (κ3) is 9.32. The van der Waals surface area contributed by atoms with Gasteiger partial charge in [-0.2, -0.15) is 0 Å². The van der Waals surface area contributed by atoms with E-state index >= 15 is 0 Å². The predicted molar refractivity (Wildman–Crippen MR) is 167 cm³/mol. The molecule has 0 N–H and O–H groups in total. The molecule has 2 aliphatic rings. The fourth-order valence-corrected chi connectivity index (χ4v) is 6.99. The first-order valence-corrected chi connectivity index (χ1v) is 15.8. The normalized spacial score (nSPS) is 25.3. The molecule has 3 rings (SSSR count). The maximum absolute atomic E-state index is 14.4. The summed E-state index contributed by atoms with van der Waals surface area (Å²) >= 11 is 13.1. The van der Waals surface area contributed by atoms with Crippen molar-refractivity contribution >= 4 is 42.0 Å². The molecule has 1 fully saturated rings. The van der Waals surface area contributed by atoms with Crippen LogP contribution in [0.15, 0.2) is 40.9 Å². The Hall–Kier alpha value is -1.39. The van der Waals surface area contributed by atoms with Crippen molar-refractivity contribution in [1.29, 1.82) is 0 Å². The molecule has 0 spiro atoms. The van der Waals surface area contributed by atoms with E-state index in [9.17, 15) is 9.18 Å². The highest BCUT2D eigenvalue weighted by Crippen LogP contribution is 2.35. The van der Waals surface area contributed by atoms with E-state index in [4.69, 9.17) is 28.2 Å². The number of alkyl halides is 1. The molecular formula is C33H46BCl2FNO. The fourth-order valence-electron chi connectivity index (χ4n) is 6.27. The summed E-state index contributed by atoms with van der Waals surface area (Å²) in [6, 6.07) is 4.04. The number of hydrogen-bond acceptors (Lipinski definition) is 2. The number of aliphatic imine (C=N–C) groups is 1. The van der Waals surface area contributed by atoms with E-state index in [1.54, 1.807) is 0 Å². The van der Waals surface area contributed by atoms with Crippen molar-refractivity contribution in [1.82, 2.24) is 0 Å². The van der Waals surface area contributed by atoms with Crippen molar-refractivity contribution in [2.45, 2.75) is 117 Å². The molecule has 1 aromatic rings. The molecule has 5 unspecified atom stereocenters. The van der Waals surface area contributed by atoms with Crippen LogP contribution in [-0.2, 0) is 17.6 Å². The van der Waals surface area contributed by atoms with E-state index in [2.05, 4.69) is 34.6 Å². The number of benzene rings is 1. The molecule has 0 heterocycles. The number of carbonyl (C=O) groups is 1. The van der Waals surface area contributed by atoms with Gasteiger partial charge in [-0.05, 0) is 98.1 Å². The van der Waals surface area contributed by atoms with Gasteiger partial charge < -0.3 is 0 Å². The van der Waals surface area contributed by atoms with Gasteiger partial charge in [-0.1, -0.05) is 81.7 Å². The second kappa shape index (κ2) is 15.6. The summed E-state index contributed by atoms with van der Waals surface area (Å²) in [6.45, 7) is 12.4. The molecule has 6 heteroatoms. The highest BCUT2D eigenvalue weighted by atomic mass is 35.5. The van der Waals surface area contributed by atoms with Gasteiger partial charge in [0.25, 0.3) is 0 Å². The quantitative estimate of drug-likeness (QED) is 0.256. The molecule has 1 aromatic carbocycles. The van der Waals surface area contributed by atoms with Gasteiger partial charge in [-0.15, -0.1) is 0 Å². The summed E-state index contributed by atoms with van der Waals surface area (Å²) in [5, 5.41) is 1.49. The number of halogens is 3. The first-order valence-electron chi connectivity index (χ1n) is 15.0. The lowest BCUT2D eigenvalue weighted by Gasteiger charge is -2.30. The SMILES string of the molecule is C=C(C)C1=CC(=NC([B]CC)C(C)C2CCCC(CCc3c(Cl)cc(CC)cc3Cl)CC(=O)CC2)CCC1F.